The van der Waals surface area contributed by atoms with Crippen molar-refractivity contribution in [2.75, 3.05) is 45.3 Å². The van der Waals surface area contributed by atoms with Crippen molar-refractivity contribution in [2.24, 2.45) is 0 Å². The summed E-state index contributed by atoms with van der Waals surface area (Å²) < 4.78 is 48.9. The molecule has 1 fully saturated rings. The number of alkyl halides is 3. The predicted molar refractivity (Wildman–Crippen MR) is 94.7 cm³/mol. The maximum atomic E-state index is 12.8. The number of hydrogen-bond donors (Lipinski definition) is 0. The first-order chi connectivity index (χ1) is 13.3. The lowest BCUT2D eigenvalue weighted by Crippen LogP contribution is -2.49. The van der Waals surface area contributed by atoms with E-state index in [9.17, 15) is 18.0 Å². The summed E-state index contributed by atoms with van der Waals surface area (Å²) in [6.45, 7) is 1.46. The van der Waals surface area contributed by atoms with Gasteiger partial charge < -0.3 is 19.3 Å². The molecular formula is C18H19F3N4O3. The van der Waals surface area contributed by atoms with Crippen LogP contribution in [0.1, 0.15) is 16.1 Å². The number of methoxy groups -OCH3 is 2. The van der Waals surface area contributed by atoms with E-state index in [4.69, 9.17) is 9.47 Å². The molecule has 1 saturated heterocycles. The summed E-state index contributed by atoms with van der Waals surface area (Å²) >= 11 is 0. The van der Waals surface area contributed by atoms with E-state index in [1.54, 1.807) is 28.0 Å². The zero-order valence-corrected chi connectivity index (χ0v) is 15.4. The van der Waals surface area contributed by atoms with Crippen molar-refractivity contribution >= 4 is 11.7 Å². The molecule has 2 aromatic rings. The highest BCUT2D eigenvalue weighted by atomic mass is 19.4. The Labute approximate surface area is 159 Å². The smallest absolute Gasteiger partial charge is 0.433 e. The second-order valence-corrected chi connectivity index (χ2v) is 6.11. The molecule has 28 heavy (non-hydrogen) atoms. The third-order valence-electron chi connectivity index (χ3n) is 4.46. The second kappa shape index (κ2) is 7.91. The summed E-state index contributed by atoms with van der Waals surface area (Å²) in [5, 5.41) is 0. The van der Waals surface area contributed by atoms with Crippen molar-refractivity contribution in [3.63, 3.8) is 0 Å². The molecule has 0 spiro atoms. The van der Waals surface area contributed by atoms with Gasteiger partial charge in [-0.1, -0.05) is 0 Å². The average Bonchev–Trinajstić information content (AvgIpc) is 2.72. The first kappa shape index (κ1) is 19.7. The van der Waals surface area contributed by atoms with Gasteiger partial charge in [-0.15, -0.1) is 0 Å². The van der Waals surface area contributed by atoms with E-state index >= 15 is 0 Å². The van der Waals surface area contributed by atoms with Crippen LogP contribution in [0.15, 0.2) is 30.6 Å². The first-order valence-corrected chi connectivity index (χ1v) is 8.49. The van der Waals surface area contributed by atoms with Gasteiger partial charge in [-0.25, -0.2) is 9.97 Å². The number of carbonyl (C=O) groups excluding carboxylic acids is 1. The van der Waals surface area contributed by atoms with Gasteiger partial charge in [0.05, 0.1) is 14.2 Å². The zero-order chi connectivity index (χ0) is 20.3. The minimum absolute atomic E-state index is 0.181. The standard InChI is InChI=1S/C18H19F3N4O3/c1-27-13-4-3-12(9-14(13)28-2)17(26)25-7-5-24(6-8-25)16-10-15(18(19,20)21)22-11-23-16/h3-4,9-11H,5-8H2,1-2H3. The minimum atomic E-state index is -4.52. The number of benzene rings is 1. The highest BCUT2D eigenvalue weighted by molar-refractivity contribution is 5.95. The van der Waals surface area contributed by atoms with Gasteiger partial charge in [0.1, 0.15) is 17.8 Å². The number of carbonyl (C=O) groups is 1. The summed E-state index contributed by atoms with van der Waals surface area (Å²) in [5.41, 5.74) is -0.533. The molecule has 1 aromatic carbocycles. The average molecular weight is 396 g/mol. The van der Waals surface area contributed by atoms with Crippen LogP contribution in [0, 0.1) is 0 Å². The van der Waals surface area contributed by atoms with Gasteiger partial charge in [0.25, 0.3) is 5.91 Å². The Morgan fingerprint density at radius 2 is 1.68 bits per heavy atom. The second-order valence-electron chi connectivity index (χ2n) is 6.11. The number of halogens is 3. The van der Waals surface area contributed by atoms with E-state index in [2.05, 4.69) is 9.97 Å². The van der Waals surface area contributed by atoms with Crippen LogP contribution in [-0.4, -0.2) is 61.2 Å². The Kier molecular flexibility index (Phi) is 5.57. The molecule has 1 aliphatic rings. The van der Waals surface area contributed by atoms with E-state index in [0.29, 0.717) is 43.2 Å². The fourth-order valence-corrected chi connectivity index (χ4v) is 2.97. The molecule has 3 rings (SSSR count). The summed E-state index contributed by atoms with van der Waals surface area (Å²) in [4.78, 5) is 23.3. The molecule has 0 atom stereocenters. The van der Waals surface area contributed by atoms with Crippen molar-refractivity contribution in [2.45, 2.75) is 6.18 Å². The van der Waals surface area contributed by atoms with Gasteiger partial charge in [-0.05, 0) is 18.2 Å². The lowest BCUT2D eigenvalue weighted by molar-refractivity contribution is -0.141. The SMILES string of the molecule is COc1ccc(C(=O)N2CCN(c3cc(C(F)(F)F)ncn3)CC2)cc1OC. The highest BCUT2D eigenvalue weighted by Gasteiger charge is 2.33. The third kappa shape index (κ3) is 4.10. The summed E-state index contributed by atoms with van der Waals surface area (Å²) in [6.07, 6.45) is -3.62. The fraction of sp³-hybridized carbons (Fsp3) is 0.389. The highest BCUT2D eigenvalue weighted by Crippen LogP contribution is 2.30. The third-order valence-corrected chi connectivity index (χ3v) is 4.46. The van der Waals surface area contributed by atoms with Crippen LogP contribution in [0.25, 0.3) is 0 Å². The van der Waals surface area contributed by atoms with Crippen LogP contribution in [-0.2, 0) is 6.18 Å². The van der Waals surface area contributed by atoms with Crippen LogP contribution in [0.2, 0.25) is 0 Å². The molecule has 7 nitrogen and oxygen atoms in total. The number of anilines is 1. The topological polar surface area (TPSA) is 67.8 Å². The summed E-state index contributed by atoms with van der Waals surface area (Å²) in [6, 6.07) is 5.83. The Morgan fingerprint density at radius 3 is 2.29 bits per heavy atom. The van der Waals surface area contributed by atoms with E-state index in [1.165, 1.54) is 14.2 Å². The lowest BCUT2D eigenvalue weighted by atomic mass is 10.1. The molecule has 0 unspecified atom stereocenters. The number of aromatic nitrogens is 2. The van der Waals surface area contributed by atoms with Crippen molar-refractivity contribution in [1.29, 1.82) is 0 Å². The van der Waals surface area contributed by atoms with Crippen molar-refractivity contribution in [1.82, 2.24) is 14.9 Å². The fourth-order valence-electron chi connectivity index (χ4n) is 2.97. The van der Waals surface area contributed by atoms with Crippen molar-refractivity contribution in [3.05, 3.63) is 41.9 Å². The van der Waals surface area contributed by atoms with Gasteiger partial charge >= 0.3 is 6.18 Å². The molecule has 0 saturated carbocycles. The Morgan fingerprint density at radius 1 is 1.00 bits per heavy atom. The lowest BCUT2D eigenvalue weighted by Gasteiger charge is -2.35. The van der Waals surface area contributed by atoms with Gasteiger partial charge in [-0.2, -0.15) is 13.2 Å². The Bertz CT molecular complexity index is 852. The Hall–Kier alpha value is -3.04. The van der Waals surface area contributed by atoms with E-state index < -0.39 is 11.9 Å². The number of nitrogens with zero attached hydrogens (tertiary/aromatic N) is 4. The van der Waals surface area contributed by atoms with E-state index in [-0.39, 0.29) is 11.7 Å². The molecule has 10 heteroatoms. The number of hydrogen-bond acceptors (Lipinski definition) is 6. The van der Waals surface area contributed by atoms with Gasteiger partial charge in [-0.3, -0.25) is 4.79 Å². The first-order valence-electron chi connectivity index (χ1n) is 8.49. The van der Waals surface area contributed by atoms with Gasteiger partial charge in [0, 0.05) is 37.8 Å². The van der Waals surface area contributed by atoms with Crippen LogP contribution < -0.4 is 14.4 Å². The largest absolute Gasteiger partial charge is 0.493 e. The zero-order valence-electron chi connectivity index (χ0n) is 15.4. The van der Waals surface area contributed by atoms with Crippen molar-refractivity contribution in [3.8, 4) is 11.5 Å². The molecule has 1 aliphatic heterocycles. The van der Waals surface area contributed by atoms with Gasteiger partial charge in [0.2, 0.25) is 0 Å². The molecule has 150 valence electrons. The van der Waals surface area contributed by atoms with Crippen LogP contribution in [0.4, 0.5) is 19.0 Å². The van der Waals surface area contributed by atoms with E-state index in [1.807, 2.05) is 0 Å². The molecule has 0 aliphatic carbocycles. The number of rotatable bonds is 4. The predicted octanol–water partition coefficient (Wildman–Crippen LogP) is 2.48. The quantitative estimate of drug-likeness (QED) is 0.791. The minimum Gasteiger partial charge on any atom is -0.493 e. The molecule has 2 heterocycles. The van der Waals surface area contributed by atoms with Crippen LogP contribution in [0.5, 0.6) is 11.5 Å². The molecule has 0 radical (unpaired) electrons. The van der Waals surface area contributed by atoms with Crippen LogP contribution >= 0.6 is 0 Å². The molecule has 1 aromatic heterocycles. The van der Waals surface area contributed by atoms with Crippen LogP contribution in [0.3, 0.4) is 0 Å². The summed E-state index contributed by atoms with van der Waals surface area (Å²) in [5.74, 6) is 0.987. The Balaban J connectivity index is 1.68. The molecule has 1 amide bonds. The van der Waals surface area contributed by atoms with E-state index in [0.717, 1.165) is 12.4 Å². The number of piperazine rings is 1. The summed E-state index contributed by atoms with van der Waals surface area (Å²) in [7, 11) is 3.00. The monoisotopic (exact) mass is 396 g/mol. The van der Waals surface area contributed by atoms with Gasteiger partial charge in [0.15, 0.2) is 11.5 Å². The normalized spacial score (nSPS) is 14.8. The molecular weight excluding hydrogens is 377 g/mol. The maximum absolute atomic E-state index is 12.8. The molecule has 0 N–H and O–H groups in total. The number of amides is 1. The molecule has 0 bridgehead atoms. The van der Waals surface area contributed by atoms with Crippen molar-refractivity contribution < 1.29 is 27.4 Å². The number of ether oxygens (including phenoxy) is 2. The maximum Gasteiger partial charge on any atom is 0.433 e.